The maximum Gasteiger partial charge on any atom is 0.312 e. The minimum absolute atomic E-state index is 0.365. The monoisotopic (exact) mass is 337 g/mol. The molecule has 0 aromatic carbocycles. The predicted molar refractivity (Wildman–Crippen MR) is 91.0 cm³/mol. The Morgan fingerprint density at radius 3 is 1.74 bits per heavy atom. The van der Waals surface area contributed by atoms with Crippen molar-refractivity contribution >= 4 is 6.03 Å². The van der Waals surface area contributed by atoms with Crippen LogP contribution < -0.4 is 27.4 Å². The molecule has 0 rings (SSSR count). The van der Waals surface area contributed by atoms with Crippen LogP contribution in [0.4, 0.5) is 4.79 Å². The van der Waals surface area contributed by atoms with Crippen molar-refractivity contribution in [3.8, 4) is 0 Å². The van der Waals surface area contributed by atoms with Crippen LogP contribution in [0.5, 0.6) is 0 Å². The van der Waals surface area contributed by atoms with Gasteiger partial charge >= 0.3 is 6.03 Å². The van der Waals surface area contributed by atoms with Crippen molar-refractivity contribution in [3.63, 3.8) is 0 Å². The molecule has 140 valence electrons. The van der Waals surface area contributed by atoms with Crippen LogP contribution >= 0.6 is 0 Å². The van der Waals surface area contributed by atoms with Crippen molar-refractivity contribution in [3.05, 3.63) is 0 Å². The first-order valence-corrected chi connectivity index (χ1v) is 8.13. The summed E-state index contributed by atoms with van der Waals surface area (Å²) in [4.78, 5) is 10.4. The topological polar surface area (TPSA) is 166 Å². The van der Waals surface area contributed by atoms with E-state index in [9.17, 15) is 4.79 Å². The van der Waals surface area contributed by atoms with Crippen LogP contribution in [0.25, 0.3) is 0 Å². The summed E-state index contributed by atoms with van der Waals surface area (Å²) < 4.78 is 0. The molecule has 10 N–H and O–H groups in total. The van der Waals surface area contributed by atoms with Gasteiger partial charge in [-0.05, 0) is 58.4 Å². The van der Waals surface area contributed by atoms with Crippen molar-refractivity contribution in [2.24, 2.45) is 11.5 Å². The van der Waals surface area contributed by atoms with E-state index in [0.29, 0.717) is 6.54 Å². The molecule has 0 aliphatic carbocycles. The Balaban J connectivity index is 0. The fourth-order valence-corrected chi connectivity index (χ4v) is 1.46. The van der Waals surface area contributed by atoms with Gasteiger partial charge in [-0.2, -0.15) is 0 Å². The second-order valence-corrected chi connectivity index (χ2v) is 5.01. The molecule has 0 bridgehead atoms. The smallest absolute Gasteiger partial charge is 0.312 e. The molecule has 0 unspecified atom stereocenters. The molecular weight excluding hydrogens is 302 g/mol. The van der Waals surface area contributed by atoms with Crippen LogP contribution in [0.1, 0.15) is 25.7 Å². The number of primary amides is 1. The van der Waals surface area contributed by atoms with E-state index in [1.165, 1.54) is 12.8 Å². The van der Waals surface area contributed by atoms with Crippen LogP contribution in [0.15, 0.2) is 0 Å². The predicted octanol–water partition coefficient (Wildman–Crippen LogP) is -2.32. The van der Waals surface area contributed by atoms with E-state index in [0.717, 1.165) is 45.6 Å². The van der Waals surface area contributed by atoms with Gasteiger partial charge in [0.15, 0.2) is 0 Å². The highest BCUT2D eigenvalue weighted by atomic mass is 16.3. The number of carbonyl (C=O) groups is 1. The summed E-state index contributed by atoms with van der Waals surface area (Å²) in [7, 11) is 0. The Morgan fingerprint density at radius 2 is 1.35 bits per heavy atom. The summed E-state index contributed by atoms with van der Waals surface area (Å²) in [5.41, 5.74) is 10.3. The molecule has 0 aromatic heterocycles. The second-order valence-electron chi connectivity index (χ2n) is 5.01. The summed E-state index contributed by atoms with van der Waals surface area (Å²) in [5.74, 6) is 0. The third-order valence-electron chi connectivity index (χ3n) is 2.77. The highest BCUT2D eigenvalue weighted by molar-refractivity contribution is 5.71. The van der Waals surface area contributed by atoms with E-state index in [1.54, 1.807) is 0 Å². The van der Waals surface area contributed by atoms with Crippen molar-refractivity contribution in [1.29, 1.82) is 0 Å². The highest BCUT2D eigenvalue weighted by Crippen LogP contribution is 1.85. The van der Waals surface area contributed by atoms with Crippen molar-refractivity contribution in [2.75, 3.05) is 52.5 Å². The first-order valence-electron chi connectivity index (χ1n) is 8.13. The Bertz CT molecular complexity index is 243. The van der Waals surface area contributed by atoms with E-state index in [2.05, 4.69) is 16.0 Å². The number of aliphatic hydroxyl groups is 3. The molecule has 0 fully saturated rings. The van der Waals surface area contributed by atoms with Gasteiger partial charge in [-0.1, -0.05) is 0 Å². The maximum atomic E-state index is 10.4. The van der Waals surface area contributed by atoms with Crippen molar-refractivity contribution < 1.29 is 20.1 Å². The summed E-state index contributed by atoms with van der Waals surface area (Å²) in [6.45, 7) is 4.69. The quantitative estimate of drug-likeness (QED) is 0.165. The standard InChI is InChI=1S/C11H27N5O.C3H8O3/c12-5-3-8-14-6-1-2-7-15-9-4-10-16-11(13)17;4-1-3(6)2-5/h14-15H,1-10,12H2,(H3,13,16,17);3-6H,1-2H2. The number of nitrogens with two attached hydrogens (primary N) is 2. The number of nitrogens with one attached hydrogen (secondary N) is 3. The van der Waals surface area contributed by atoms with Crippen LogP contribution in [0.2, 0.25) is 0 Å². The molecule has 0 saturated heterocycles. The van der Waals surface area contributed by atoms with Crippen LogP contribution in [-0.2, 0) is 0 Å². The van der Waals surface area contributed by atoms with E-state index in [-0.39, 0.29) is 13.2 Å². The minimum Gasteiger partial charge on any atom is -0.394 e. The number of amides is 2. The zero-order chi connectivity index (χ0) is 17.8. The zero-order valence-corrected chi connectivity index (χ0v) is 14.0. The molecule has 0 atom stereocenters. The molecule has 9 heteroatoms. The number of aliphatic hydroxyl groups excluding tert-OH is 3. The zero-order valence-electron chi connectivity index (χ0n) is 14.0. The number of carbonyl (C=O) groups excluding carboxylic acids is 1. The fourth-order valence-electron chi connectivity index (χ4n) is 1.46. The Labute approximate surface area is 138 Å². The molecule has 0 spiro atoms. The molecule has 0 aliphatic rings. The summed E-state index contributed by atoms with van der Waals surface area (Å²) in [5, 5.41) is 33.2. The van der Waals surface area contributed by atoms with Crippen LogP contribution in [-0.4, -0.2) is 79.9 Å². The molecule has 0 heterocycles. The number of hydrogen-bond donors (Lipinski definition) is 8. The van der Waals surface area contributed by atoms with Gasteiger partial charge < -0.3 is 42.7 Å². The van der Waals surface area contributed by atoms with E-state index in [4.69, 9.17) is 26.8 Å². The lowest BCUT2D eigenvalue weighted by Gasteiger charge is -2.06. The van der Waals surface area contributed by atoms with Crippen LogP contribution in [0.3, 0.4) is 0 Å². The van der Waals surface area contributed by atoms with Gasteiger partial charge in [0.05, 0.1) is 13.2 Å². The average molecular weight is 337 g/mol. The molecule has 0 aromatic rings. The summed E-state index contributed by atoms with van der Waals surface area (Å²) in [6.07, 6.45) is 3.35. The first-order chi connectivity index (χ1) is 11.1. The Hall–Kier alpha value is -0.970. The van der Waals surface area contributed by atoms with Gasteiger partial charge in [0.2, 0.25) is 0 Å². The van der Waals surface area contributed by atoms with E-state index in [1.807, 2.05) is 0 Å². The lowest BCUT2D eigenvalue weighted by atomic mass is 10.3. The van der Waals surface area contributed by atoms with Gasteiger partial charge in [-0.3, -0.25) is 0 Å². The molecule has 9 nitrogen and oxygen atoms in total. The maximum absolute atomic E-state index is 10.4. The third kappa shape index (κ3) is 26.3. The summed E-state index contributed by atoms with van der Waals surface area (Å²) >= 11 is 0. The molecule has 0 radical (unpaired) electrons. The average Bonchev–Trinajstić information content (AvgIpc) is 2.55. The van der Waals surface area contributed by atoms with E-state index >= 15 is 0 Å². The number of unbranched alkanes of at least 4 members (excludes halogenated alkanes) is 1. The van der Waals surface area contributed by atoms with Gasteiger partial charge in [0, 0.05) is 6.54 Å². The Morgan fingerprint density at radius 1 is 0.870 bits per heavy atom. The molecule has 2 amide bonds. The lowest BCUT2D eigenvalue weighted by Crippen LogP contribution is -2.31. The molecule has 23 heavy (non-hydrogen) atoms. The fraction of sp³-hybridized carbons (Fsp3) is 0.929. The number of urea groups is 1. The largest absolute Gasteiger partial charge is 0.394 e. The summed E-state index contributed by atoms with van der Waals surface area (Å²) in [6, 6.07) is -0.450. The number of rotatable bonds is 14. The van der Waals surface area contributed by atoms with Gasteiger partial charge in [-0.15, -0.1) is 0 Å². The first kappa shape index (κ1) is 24.3. The van der Waals surface area contributed by atoms with Crippen molar-refractivity contribution in [1.82, 2.24) is 16.0 Å². The van der Waals surface area contributed by atoms with Crippen LogP contribution in [0, 0.1) is 0 Å². The van der Waals surface area contributed by atoms with Crippen molar-refractivity contribution in [2.45, 2.75) is 31.8 Å². The SMILES string of the molecule is NCCCNCCCCNCCCNC(N)=O.OCC(O)CO. The van der Waals surface area contributed by atoms with Gasteiger partial charge in [0.1, 0.15) is 6.10 Å². The van der Waals surface area contributed by atoms with Gasteiger partial charge in [0.25, 0.3) is 0 Å². The third-order valence-corrected chi connectivity index (χ3v) is 2.77. The molecule has 0 aliphatic heterocycles. The van der Waals surface area contributed by atoms with E-state index < -0.39 is 12.1 Å². The molecule has 0 saturated carbocycles. The Kier molecular flexibility index (Phi) is 22.2. The van der Waals surface area contributed by atoms with Gasteiger partial charge in [-0.25, -0.2) is 4.79 Å². The highest BCUT2D eigenvalue weighted by Gasteiger charge is 1.94. The second kappa shape index (κ2) is 21.0. The normalized spacial score (nSPS) is 10.3. The molecular formula is C14H35N5O4. The number of hydrogen-bond acceptors (Lipinski definition) is 7. The minimum atomic E-state index is -0.954. The lowest BCUT2D eigenvalue weighted by molar-refractivity contribution is 0.0450.